The molecule has 0 aliphatic heterocycles. The molecule has 1 heterocycles. The van der Waals surface area contributed by atoms with Crippen molar-refractivity contribution in [2.24, 2.45) is 7.05 Å². The quantitative estimate of drug-likeness (QED) is 0.939. The minimum atomic E-state index is 0.393. The molecule has 1 aromatic carbocycles. The molecule has 0 amide bonds. The molecule has 1 N–H and O–H groups in total. The van der Waals surface area contributed by atoms with Gasteiger partial charge >= 0.3 is 0 Å². The van der Waals surface area contributed by atoms with Crippen molar-refractivity contribution >= 4 is 11.8 Å². The van der Waals surface area contributed by atoms with E-state index in [2.05, 4.69) is 60.2 Å². The number of fused-ring (bicyclic) bond motifs is 1. The van der Waals surface area contributed by atoms with Crippen LogP contribution in [0.15, 0.2) is 41.8 Å². The molecule has 20 heavy (non-hydrogen) atoms. The van der Waals surface area contributed by atoms with Crippen molar-refractivity contribution < 1.29 is 0 Å². The van der Waals surface area contributed by atoms with Crippen molar-refractivity contribution in [1.82, 2.24) is 14.9 Å². The maximum absolute atomic E-state index is 4.46. The highest BCUT2D eigenvalue weighted by Gasteiger charge is 2.33. The molecular weight excluding hydrogens is 266 g/mol. The molecule has 2 aromatic rings. The normalized spacial score (nSPS) is 25.4. The molecule has 3 atom stereocenters. The lowest BCUT2D eigenvalue weighted by Crippen LogP contribution is -2.33. The van der Waals surface area contributed by atoms with E-state index in [1.165, 1.54) is 17.5 Å². The first-order valence-corrected chi connectivity index (χ1v) is 7.98. The maximum Gasteiger partial charge on any atom is 0.168 e. The van der Waals surface area contributed by atoms with Crippen LogP contribution in [0, 0.1) is 0 Å². The Kier molecular flexibility index (Phi) is 3.85. The summed E-state index contributed by atoms with van der Waals surface area (Å²) in [6.07, 6.45) is 5.06. The molecule has 0 saturated carbocycles. The maximum atomic E-state index is 4.46. The van der Waals surface area contributed by atoms with E-state index in [4.69, 9.17) is 0 Å². The average molecular weight is 287 g/mol. The second-order valence-electron chi connectivity index (χ2n) is 5.51. The van der Waals surface area contributed by atoms with Crippen LogP contribution in [0.4, 0.5) is 0 Å². The van der Waals surface area contributed by atoms with Crippen molar-refractivity contribution in [3.05, 3.63) is 47.8 Å². The van der Waals surface area contributed by atoms with Crippen molar-refractivity contribution in [3.63, 3.8) is 0 Å². The molecule has 0 spiro atoms. The summed E-state index contributed by atoms with van der Waals surface area (Å²) in [6.45, 7) is 2.33. The van der Waals surface area contributed by atoms with Crippen molar-refractivity contribution in [2.75, 3.05) is 7.05 Å². The average Bonchev–Trinajstić information content (AvgIpc) is 2.85. The molecule has 4 heteroatoms. The largest absolute Gasteiger partial charge is 0.329 e. The zero-order valence-corrected chi connectivity index (χ0v) is 13.0. The van der Waals surface area contributed by atoms with Crippen LogP contribution < -0.4 is 5.32 Å². The van der Waals surface area contributed by atoms with Gasteiger partial charge in [-0.2, -0.15) is 0 Å². The molecule has 0 radical (unpaired) electrons. The van der Waals surface area contributed by atoms with Gasteiger partial charge in [-0.25, -0.2) is 4.98 Å². The lowest BCUT2D eigenvalue weighted by Gasteiger charge is -2.36. The number of nitrogens with zero attached hydrogens (tertiary/aromatic N) is 2. The zero-order valence-electron chi connectivity index (χ0n) is 12.2. The summed E-state index contributed by atoms with van der Waals surface area (Å²) in [5, 5.41) is 5.12. The van der Waals surface area contributed by atoms with Gasteiger partial charge in [0.05, 0.1) is 0 Å². The SMILES string of the molecule is CNC1c2ccccc2C(C)CC1Sc1nccn1C. The summed E-state index contributed by atoms with van der Waals surface area (Å²) in [5.74, 6) is 0.605. The molecule has 3 unspecified atom stereocenters. The Morgan fingerprint density at radius 1 is 1.30 bits per heavy atom. The van der Waals surface area contributed by atoms with Gasteiger partial charge in [-0.15, -0.1) is 0 Å². The van der Waals surface area contributed by atoms with Crippen molar-refractivity contribution in [2.45, 2.75) is 35.7 Å². The second-order valence-corrected chi connectivity index (χ2v) is 6.72. The Labute approximate surface area is 124 Å². The topological polar surface area (TPSA) is 29.9 Å². The second kappa shape index (κ2) is 5.62. The fourth-order valence-electron chi connectivity index (χ4n) is 3.11. The molecule has 1 aliphatic rings. The van der Waals surface area contributed by atoms with Gasteiger partial charge in [-0.05, 0) is 30.5 Å². The highest BCUT2D eigenvalue weighted by atomic mass is 32.2. The monoisotopic (exact) mass is 287 g/mol. The van der Waals surface area contributed by atoms with Crippen LogP contribution in [0.1, 0.15) is 36.4 Å². The summed E-state index contributed by atoms with van der Waals surface area (Å²) in [5.41, 5.74) is 2.93. The fourth-order valence-corrected chi connectivity index (χ4v) is 4.54. The third kappa shape index (κ3) is 2.38. The lowest BCUT2D eigenvalue weighted by atomic mass is 9.81. The Bertz CT molecular complexity index is 593. The number of hydrogen-bond acceptors (Lipinski definition) is 3. The van der Waals surface area contributed by atoms with Crippen LogP contribution in [0.25, 0.3) is 0 Å². The number of rotatable bonds is 3. The Morgan fingerprint density at radius 2 is 2.05 bits per heavy atom. The minimum Gasteiger partial charge on any atom is -0.329 e. The van der Waals surface area contributed by atoms with E-state index >= 15 is 0 Å². The van der Waals surface area contributed by atoms with Gasteiger partial charge in [0.2, 0.25) is 0 Å². The summed E-state index contributed by atoms with van der Waals surface area (Å²) < 4.78 is 2.10. The first-order chi connectivity index (χ1) is 9.70. The van der Waals surface area contributed by atoms with Crippen molar-refractivity contribution in [3.8, 4) is 0 Å². The first kappa shape index (κ1) is 13.7. The number of nitrogens with one attached hydrogen (secondary N) is 1. The van der Waals surface area contributed by atoms with Crippen LogP contribution in [-0.2, 0) is 7.05 Å². The lowest BCUT2D eigenvalue weighted by molar-refractivity contribution is 0.472. The molecule has 106 valence electrons. The summed E-state index contributed by atoms with van der Waals surface area (Å²) in [7, 11) is 4.12. The Balaban J connectivity index is 1.91. The van der Waals surface area contributed by atoms with Crippen LogP contribution in [0.3, 0.4) is 0 Å². The standard InChI is InChI=1S/C16H21N3S/c1-11-10-14(20-16-18-8-9-19(16)3)15(17-2)13-7-5-4-6-12(11)13/h4-9,11,14-15,17H,10H2,1-3H3. The number of aromatic nitrogens is 2. The van der Waals surface area contributed by atoms with Gasteiger partial charge < -0.3 is 9.88 Å². The Morgan fingerprint density at radius 3 is 2.70 bits per heavy atom. The van der Waals surface area contributed by atoms with E-state index in [1.54, 1.807) is 0 Å². The molecule has 1 aromatic heterocycles. The smallest absolute Gasteiger partial charge is 0.168 e. The Hall–Kier alpha value is -1.26. The zero-order chi connectivity index (χ0) is 14.1. The summed E-state index contributed by atoms with van der Waals surface area (Å²) >= 11 is 1.89. The van der Waals surface area contributed by atoms with Gasteiger partial charge in [0, 0.05) is 30.7 Å². The number of benzene rings is 1. The summed E-state index contributed by atoms with van der Waals surface area (Å²) in [6, 6.07) is 9.21. The number of imidazole rings is 1. The van der Waals surface area contributed by atoms with Gasteiger partial charge in [0.15, 0.2) is 5.16 Å². The fraction of sp³-hybridized carbons (Fsp3) is 0.438. The van der Waals surface area contributed by atoms with Crippen LogP contribution in [0.5, 0.6) is 0 Å². The minimum absolute atomic E-state index is 0.393. The van der Waals surface area contributed by atoms with Gasteiger partial charge in [-0.3, -0.25) is 0 Å². The highest BCUT2D eigenvalue weighted by molar-refractivity contribution is 7.99. The predicted octanol–water partition coefficient (Wildman–Crippen LogP) is 3.35. The molecule has 0 fully saturated rings. The molecule has 0 bridgehead atoms. The van der Waals surface area contributed by atoms with Gasteiger partial charge in [-0.1, -0.05) is 43.0 Å². The molecule has 3 nitrogen and oxygen atoms in total. The van der Waals surface area contributed by atoms with Crippen LogP contribution >= 0.6 is 11.8 Å². The van der Waals surface area contributed by atoms with E-state index < -0.39 is 0 Å². The molecule has 0 saturated heterocycles. The van der Waals surface area contributed by atoms with Crippen LogP contribution in [0.2, 0.25) is 0 Å². The highest BCUT2D eigenvalue weighted by Crippen LogP contribution is 2.44. The number of hydrogen-bond donors (Lipinski definition) is 1. The van der Waals surface area contributed by atoms with E-state index in [0.717, 1.165) is 5.16 Å². The molecule has 3 rings (SSSR count). The van der Waals surface area contributed by atoms with E-state index in [1.807, 2.05) is 24.2 Å². The van der Waals surface area contributed by atoms with Gasteiger partial charge in [0.1, 0.15) is 0 Å². The van der Waals surface area contributed by atoms with Gasteiger partial charge in [0.25, 0.3) is 0 Å². The van der Waals surface area contributed by atoms with Crippen molar-refractivity contribution in [1.29, 1.82) is 0 Å². The van der Waals surface area contributed by atoms with E-state index in [-0.39, 0.29) is 0 Å². The molecule has 1 aliphatic carbocycles. The van der Waals surface area contributed by atoms with E-state index in [0.29, 0.717) is 17.2 Å². The third-order valence-electron chi connectivity index (χ3n) is 4.16. The predicted molar refractivity (Wildman–Crippen MR) is 84.1 cm³/mol. The number of thioether (sulfide) groups is 1. The summed E-state index contributed by atoms with van der Waals surface area (Å²) in [4.78, 5) is 4.46. The third-order valence-corrected chi connectivity index (χ3v) is 5.54. The molecular formula is C16H21N3S. The number of aryl methyl sites for hydroxylation is 1. The first-order valence-electron chi connectivity index (χ1n) is 7.10. The van der Waals surface area contributed by atoms with E-state index in [9.17, 15) is 0 Å². The van der Waals surface area contributed by atoms with Crippen LogP contribution in [-0.4, -0.2) is 21.8 Å².